The van der Waals surface area contributed by atoms with Crippen LogP contribution in [0.25, 0.3) is 0 Å². The smallest absolute Gasteiger partial charge is 0.193 e. The minimum absolute atomic E-state index is 0.329. The van der Waals surface area contributed by atoms with Crippen LogP contribution in [0.4, 0.5) is 0 Å². The number of likely N-dealkylation sites (tertiary alicyclic amines) is 1. The van der Waals surface area contributed by atoms with E-state index in [4.69, 9.17) is 4.74 Å². The van der Waals surface area contributed by atoms with Crippen molar-refractivity contribution in [2.24, 2.45) is 4.99 Å². The highest BCUT2D eigenvalue weighted by molar-refractivity contribution is 5.81. The average molecular weight is 302 g/mol. The molecule has 1 atom stereocenters. The first-order valence-electron chi connectivity index (χ1n) is 8.16. The second kappa shape index (κ2) is 7.01. The molecule has 1 fully saturated rings. The molecule has 22 heavy (non-hydrogen) atoms. The highest BCUT2D eigenvalue weighted by Crippen LogP contribution is 2.31. The van der Waals surface area contributed by atoms with Crippen molar-refractivity contribution in [1.29, 1.82) is 0 Å². The van der Waals surface area contributed by atoms with E-state index < -0.39 is 0 Å². The summed E-state index contributed by atoms with van der Waals surface area (Å²) >= 11 is 0. The van der Waals surface area contributed by atoms with Gasteiger partial charge in [-0.05, 0) is 32.0 Å². The highest BCUT2D eigenvalue weighted by atomic mass is 16.5. The molecule has 1 N–H and O–H groups in total. The number of hydrogen-bond donors (Lipinski definition) is 1. The number of nitrogens with zero attached hydrogens (tertiary/aromatic N) is 3. The summed E-state index contributed by atoms with van der Waals surface area (Å²) in [5.41, 5.74) is 1.26. The van der Waals surface area contributed by atoms with Crippen molar-refractivity contribution in [3.05, 3.63) is 29.8 Å². The van der Waals surface area contributed by atoms with Crippen molar-refractivity contribution in [2.75, 3.05) is 46.9 Å². The topological polar surface area (TPSA) is 40.1 Å². The first-order chi connectivity index (χ1) is 10.8. The largest absolute Gasteiger partial charge is 0.496 e. The third kappa shape index (κ3) is 3.19. The second-order valence-electron chi connectivity index (χ2n) is 6.01. The van der Waals surface area contributed by atoms with E-state index in [1.165, 1.54) is 18.4 Å². The number of aliphatic imine (C=N–C) groups is 1. The van der Waals surface area contributed by atoms with E-state index in [2.05, 4.69) is 45.4 Å². The number of methoxy groups -OCH3 is 1. The standard InChI is InChI=1S/C17H26N4O/c1-20-12-9-18-17(20)19-13-15(21-10-5-6-11-21)14-7-3-4-8-16(14)22-2/h3-4,7-8,15H,5-6,9-13H2,1-2H3,(H,18,19). The summed E-state index contributed by atoms with van der Waals surface area (Å²) in [5, 5.41) is 3.54. The molecule has 2 aliphatic heterocycles. The van der Waals surface area contributed by atoms with Crippen molar-refractivity contribution in [3.63, 3.8) is 0 Å². The molecule has 0 radical (unpaired) electrons. The molecule has 5 heteroatoms. The van der Waals surface area contributed by atoms with E-state index in [0.717, 1.165) is 44.4 Å². The molecular weight excluding hydrogens is 276 g/mol. The third-order valence-corrected chi connectivity index (χ3v) is 4.59. The summed E-state index contributed by atoms with van der Waals surface area (Å²) in [6.45, 7) is 5.08. The Balaban J connectivity index is 1.77. The van der Waals surface area contributed by atoms with E-state index in [0.29, 0.717) is 6.04 Å². The molecule has 5 nitrogen and oxygen atoms in total. The van der Waals surface area contributed by atoms with Gasteiger partial charge in [0.05, 0.1) is 19.7 Å². The van der Waals surface area contributed by atoms with Crippen LogP contribution in [0.3, 0.4) is 0 Å². The summed E-state index contributed by atoms with van der Waals surface area (Å²) < 4.78 is 5.58. The number of likely N-dealkylation sites (N-methyl/N-ethyl adjacent to an activating group) is 1. The van der Waals surface area contributed by atoms with Crippen LogP contribution < -0.4 is 10.1 Å². The van der Waals surface area contributed by atoms with E-state index in [1.54, 1.807) is 7.11 Å². The van der Waals surface area contributed by atoms with Gasteiger partial charge in [-0.3, -0.25) is 9.89 Å². The average Bonchev–Trinajstić information content (AvgIpc) is 3.20. The Kier molecular flexibility index (Phi) is 4.83. The predicted octanol–water partition coefficient (Wildman–Crippen LogP) is 1.72. The monoisotopic (exact) mass is 302 g/mol. The van der Waals surface area contributed by atoms with Gasteiger partial charge in [0.1, 0.15) is 5.75 Å². The SMILES string of the molecule is COc1ccccc1C(CNC1=NCCN1C)N1CCCC1. The lowest BCUT2D eigenvalue weighted by Crippen LogP contribution is -2.41. The molecule has 1 aromatic rings. The maximum Gasteiger partial charge on any atom is 0.193 e. The van der Waals surface area contributed by atoms with Crippen molar-refractivity contribution < 1.29 is 4.74 Å². The first kappa shape index (κ1) is 15.2. The Morgan fingerprint density at radius 1 is 1.23 bits per heavy atom. The maximum atomic E-state index is 5.58. The summed E-state index contributed by atoms with van der Waals surface area (Å²) in [6, 6.07) is 8.70. The molecular formula is C17H26N4O. The molecule has 0 bridgehead atoms. The molecule has 1 saturated heterocycles. The van der Waals surface area contributed by atoms with Gasteiger partial charge in [0, 0.05) is 25.7 Å². The number of nitrogens with one attached hydrogen (secondary N) is 1. The van der Waals surface area contributed by atoms with Crippen LogP contribution in [0.5, 0.6) is 5.75 Å². The summed E-state index contributed by atoms with van der Waals surface area (Å²) in [6.07, 6.45) is 2.57. The lowest BCUT2D eigenvalue weighted by atomic mass is 10.0. The summed E-state index contributed by atoms with van der Waals surface area (Å²) in [7, 11) is 3.84. The van der Waals surface area contributed by atoms with Gasteiger partial charge in [-0.25, -0.2) is 0 Å². The molecule has 0 amide bonds. The van der Waals surface area contributed by atoms with Crippen LogP contribution in [0.15, 0.2) is 29.3 Å². The van der Waals surface area contributed by atoms with Gasteiger partial charge < -0.3 is 15.0 Å². The Morgan fingerprint density at radius 2 is 2.00 bits per heavy atom. The van der Waals surface area contributed by atoms with Crippen LogP contribution >= 0.6 is 0 Å². The third-order valence-electron chi connectivity index (χ3n) is 4.59. The normalized spacial score (nSPS) is 20.1. The minimum Gasteiger partial charge on any atom is -0.496 e. The summed E-state index contributed by atoms with van der Waals surface area (Å²) in [5.74, 6) is 1.99. The molecule has 2 heterocycles. The number of hydrogen-bond acceptors (Lipinski definition) is 5. The Morgan fingerprint density at radius 3 is 2.68 bits per heavy atom. The zero-order valence-corrected chi connectivity index (χ0v) is 13.6. The zero-order chi connectivity index (χ0) is 15.4. The number of para-hydroxylation sites is 1. The number of ether oxygens (including phenoxy) is 1. The van der Waals surface area contributed by atoms with Crippen molar-refractivity contribution in [3.8, 4) is 5.75 Å². The number of benzene rings is 1. The van der Waals surface area contributed by atoms with Crippen LogP contribution in [0.2, 0.25) is 0 Å². The summed E-state index contributed by atoms with van der Waals surface area (Å²) in [4.78, 5) is 9.27. The predicted molar refractivity (Wildman–Crippen MR) is 89.5 cm³/mol. The fourth-order valence-corrected chi connectivity index (χ4v) is 3.34. The van der Waals surface area contributed by atoms with Crippen molar-refractivity contribution in [1.82, 2.24) is 15.1 Å². The van der Waals surface area contributed by atoms with Gasteiger partial charge in [-0.1, -0.05) is 18.2 Å². The van der Waals surface area contributed by atoms with Gasteiger partial charge in [0.2, 0.25) is 0 Å². The van der Waals surface area contributed by atoms with Crippen molar-refractivity contribution >= 4 is 5.96 Å². The van der Waals surface area contributed by atoms with Gasteiger partial charge >= 0.3 is 0 Å². The second-order valence-corrected chi connectivity index (χ2v) is 6.01. The van der Waals surface area contributed by atoms with Gasteiger partial charge in [-0.15, -0.1) is 0 Å². The van der Waals surface area contributed by atoms with Gasteiger partial charge in [-0.2, -0.15) is 0 Å². The maximum absolute atomic E-state index is 5.58. The molecule has 0 spiro atoms. The Hall–Kier alpha value is -1.75. The molecule has 1 unspecified atom stereocenters. The number of guanidine groups is 1. The molecule has 0 aliphatic carbocycles. The quantitative estimate of drug-likeness (QED) is 0.899. The van der Waals surface area contributed by atoms with E-state index in [9.17, 15) is 0 Å². The van der Waals surface area contributed by atoms with Gasteiger partial charge in [0.25, 0.3) is 0 Å². The highest BCUT2D eigenvalue weighted by Gasteiger charge is 2.26. The van der Waals surface area contributed by atoms with Crippen LogP contribution in [-0.2, 0) is 0 Å². The lowest BCUT2D eigenvalue weighted by molar-refractivity contribution is 0.238. The molecule has 1 aromatic carbocycles. The van der Waals surface area contributed by atoms with E-state index >= 15 is 0 Å². The fraction of sp³-hybridized carbons (Fsp3) is 0.588. The molecule has 2 aliphatic rings. The molecule has 3 rings (SSSR count). The minimum atomic E-state index is 0.329. The van der Waals surface area contributed by atoms with E-state index in [1.807, 2.05) is 6.07 Å². The van der Waals surface area contributed by atoms with Crippen LogP contribution in [0.1, 0.15) is 24.4 Å². The van der Waals surface area contributed by atoms with Crippen LogP contribution in [0, 0.1) is 0 Å². The molecule has 0 aromatic heterocycles. The van der Waals surface area contributed by atoms with Crippen LogP contribution in [-0.4, -0.2) is 62.6 Å². The van der Waals surface area contributed by atoms with Gasteiger partial charge in [0.15, 0.2) is 5.96 Å². The zero-order valence-electron chi connectivity index (χ0n) is 13.6. The molecule has 120 valence electrons. The van der Waals surface area contributed by atoms with Crippen molar-refractivity contribution in [2.45, 2.75) is 18.9 Å². The Bertz CT molecular complexity index is 525. The Labute approximate surface area is 133 Å². The lowest BCUT2D eigenvalue weighted by Gasteiger charge is -2.30. The van der Waals surface area contributed by atoms with E-state index in [-0.39, 0.29) is 0 Å². The molecule has 0 saturated carbocycles. The number of rotatable bonds is 5. The fourth-order valence-electron chi connectivity index (χ4n) is 3.34. The first-order valence-corrected chi connectivity index (χ1v) is 8.16.